The average molecular weight is 205 g/mol. The van der Waals surface area contributed by atoms with E-state index in [0.717, 1.165) is 18.8 Å². The van der Waals surface area contributed by atoms with Crippen molar-refractivity contribution in [3.05, 3.63) is 29.8 Å². The van der Waals surface area contributed by atoms with E-state index >= 15 is 0 Å². The highest BCUT2D eigenvalue weighted by molar-refractivity contribution is 5.34. The fourth-order valence-corrected chi connectivity index (χ4v) is 2.80. The Hall–Kier alpha value is -1.02. The Morgan fingerprint density at radius 3 is 2.87 bits per heavy atom. The van der Waals surface area contributed by atoms with Crippen molar-refractivity contribution in [2.75, 3.05) is 6.54 Å². The minimum absolute atomic E-state index is 0.109. The Labute approximate surface area is 91.1 Å². The van der Waals surface area contributed by atoms with Crippen LogP contribution in [0.2, 0.25) is 0 Å². The second-order valence-electron chi connectivity index (χ2n) is 4.88. The third kappa shape index (κ3) is 1.86. The molecule has 0 spiro atoms. The van der Waals surface area contributed by atoms with Crippen molar-refractivity contribution >= 4 is 0 Å². The normalized spacial score (nSPS) is 30.7. The number of aromatic hydroxyl groups is 1. The van der Waals surface area contributed by atoms with Crippen molar-refractivity contribution in [2.24, 2.45) is 11.7 Å². The zero-order valence-electron chi connectivity index (χ0n) is 9.24. The maximum atomic E-state index is 9.51. The molecular weight excluding hydrogens is 186 g/mol. The van der Waals surface area contributed by atoms with E-state index in [1.807, 2.05) is 12.1 Å². The fraction of sp³-hybridized carbons (Fsp3) is 0.538. The molecule has 1 fully saturated rings. The second-order valence-corrected chi connectivity index (χ2v) is 4.88. The lowest BCUT2D eigenvalue weighted by Gasteiger charge is -2.28. The van der Waals surface area contributed by atoms with Crippen LogP contribution in [-0.4, -0.2) is 11.7 Å². The Morgan fingerprint density at radius 1 is 1.53 bits per heavy atom. The SMILES string of the molecule is CC1CCC(CN)(c2cccc(O)c2)C1. The van der Waals surface area contributed by atoms with Gasteiger partial charge in [-0.05, 0) is 42.9 Å². The molecule has 2 rings (SSSR count). The van der Waals surface area contributed by atoms with Gasteiger partial charge < -0.3 is 10.8 Å². The van der Waals surface area contributed by atoms with Gasteiger partial charge in [0.2, 0.25) is 0 Å². The number of phenolic OH excluding ortho intramolecular Hbond substituents is 1. The molecule has 0 aromatic heterocycles. The monoisotopic (exact) mass is 205 g/mol. The standard InChI is InChI=1S/C13H19NO/c1-10-5-6-13(8-10,9-14)11-3-2-4-12(15)7-11/h2-4,7,10,15H,5-6,8-9,14H2,1H3. The van der Waals surface area contributed by atoms with Crippen molar-refractivity contribution in [1.29, 1.82) is 0 Å². The summed E-state index contributed by atoms with van der Waals surface area (Å²) in [4.78, 5) is 0. The summed E-state index contributed by atoms with van der Waals surface area (Å²) < 4.78 is 0. The maximum Gasteiger partial charge on any atom is 0.115 e. The van der Waals surface area contributed by atoms with E-state index in [9.17, 15) is 5.11 Å². The first kappa shape index (κ1) is 10.5. The molecular formula is C13H19NO. The predicted octanol–water partition coefficient (Wildman–Crippen LogP) is 2.41. The van der Waals surface area contributed by atoms with Gasteiger partial charge in [-0.2, -0.15) is 0 Å². The van der Waals surface area contributed by atoms with Gasteiger partial charge in [0.05, 0.1) is 0 Å². The molecule has 0 saturated heterocycles. The van der Waals surface area contributed by atoms with E-state index in [4.69, 9.17) is 5.73 Å². The fourth-order valence-electron chi connectivity index (χ4n) is 2.80. The van der Waals surface area contributed by atoms with Crippen LogP contribution in [0.4, 0.5) is 0 Å². The number of nitrogens with two attached hydrogens (primary N) is 1. The second kappa shape index (κ2) is 3.86. The molecule has 0 radical (unpaired) electrons. The zero-order chi connectivity index (χ0) is 10.9. The highest BCUT2D eigenvalue weighted by atomic mass is 16.3. The first-order valence-electron chi connectivity index (χ1n) is 5.66. The van der Waals surface area contributed by atoms with Crippen LogP contribution >= 0.6 is 0 Å². The molecule has 2 heteroatoms. The molecule has 0 amide bonds. The minimum Gasteiger partial charge on any atom is -0.508 e. The van der Waals surface area contributed by atoms with Crippen LogP contribution in [0.3, 0.4) is 0 Å². The molecule has 2 unspecified atom stereocenters. The lowest BCUT2D eigenvalue weighted by atomic mass is 9.78. The smallest absolute Gasteiger partial charge is 0.115 e. The first-order chi connectivity index (χ1) is 7.16. The van der Waals surface area contributed by atoms with Gasteiger partial charge in [-0.25, -0.2) is 0 Å². The van der Waals surface area contributed by atoms with Crippen molar-refractivity contribution in [3.63, 3.8) is 0 Å². The van der Waals surface area contributed by atoms with Gasteiger partial charge in [-0.15, -0.1) is 0 Å². The lowest BCUT2D eigenvalue weighted by Crippen LogP contribution is -2.32. The molecule has 1 aliphatic carbocycles. The number of phenols is 1. The molecule has 1 aromatic rings. The molecule has 1 aliphatic rings. The molecule has 82 valence electrons. The van der Waals surface area contributed by atoms with Gasteiger partial charge in [0.15, 0.2) is 0 Å². The highest BCUT2D eigenvalue weighted by Crippen LogP contribution is 2.43. The largest absolute Gasteiger partial charge is 0.508 e. The van der Waals surface area contributed by atoms with Crippen LogP contribution in [0.1, 0.15) is 31.7 Å². The van der Waals surface area contributed by atoms with E-state index in [2.05, 4.69) is 13.0 Å². The minimum atomic E-state index is 0.109. The third-order valence-corrected chi connectivity index (χ3v) is 3.70. The molecule has 0 bridgehead atoms. The van der Waals surface area contributed by atoms with Crippen LogP contribution in [-0.2, 0) is 5.41 Å². The zero-order valence-corrected chi connectivity index (χ0v) is 9.24. The van der Waals surface area contributed by atoms with Crippen LogP contribution in [0.25, 0.3) is 0 Å². The summed E-state index contributed by atoms with van der Waals surface area (Å²) in [7, 11) is 0. The average Bonchev–Trinajstić information content (AvgIpc) is 2.61. The van der Waals surface area contributed by atoms with Gasteiger partial charge in [0.25, 0.3) is 0 Å². The summed E-state index contributed by atoms with van der Waals surface area (Å²) >= 11 is 0. The van der Waals surface area contributed by atoms with E-state index in [1.165, 1.54) is 12.0 Å². The van der Waals surface area contributed by atoms with Gasteiger partial charge >= 0.3 is 0 Å². The highest BCUT2D eigenvalue weighted by Gasteiger charge is 2.37. The van der Waals surface area contributed by atoms with E-state index in [-0.39, 0.29) is 5.41 Å². The van der Waals surface area contributed by atoms with Gasteiger partial charge in [0, 0.05) is 12.0 Å². The number of benzene rings is 1. The molecule has 2 nitrogen and oxygen atoms in total. The summed E-state index contributed by atoms with van der Waals surface area (Å²) in [5, 5.41) is 9.51. The summed E-state index contributed by atoms with van der Waals surface area (Å²) in [6, 6.07) is 7.58. The molecule has 3 N–H and O–H groups in total. The van der Waals surface area contributed by atoms with Crippen molar-refractivity contribution in [2.45, 2.75) is 31.6 Å². The van der Waals surface area contributed by atoms with Crippen LogP contribution < -0.4 is 5.73 Å². The van der Waals surface area contributed by atoms with Gasteiger partial charge in [0.1, 0.15) is 5.75 Å². The Balaban J connectivity index is 2.34. The molecule has 15 heavy (non-hydrogen) atoms. The van der Waals surface area contributed by atoms with E-state index in [1.54, 1.807) is 6.07 Å². The Morgan fingerprint density at radius 2 is 2.33 bits per heavy atom. The maximum absolute atomic E-state index is 9.51. The summed E-state index contributed by atoms with van der Waals surface area (Å²) in [5.41, 5.74) is 7.24. The summed E-state index contributed by atoms with van der Waals surface area (Å²) in [6.45, 7) is 2.96. The van der Waals surface area contributed by atoms with E-state index in [0.29, 0.717) is 12.3 Å². The number of hydrogen-bond acceptors (Lipinski definition) is 2. The van der Waals surface area contributed by atoms with Crippen LogP contribution in [0.15, 0.2) is 24.3 Å². The van der Waals surface area contributed by atoms with Gasteiger partial charge in [-0.3, -0.25) is 0 Å². The van der Waals surface area contributed by atoms with E-state index < -0.39 is 0 Å². The Bertz CT molecular complexity index is 350. The predicted molar refractivity (Wildman–Crippen MR) is 61.9 cm³/mol. The third-order valence-electron chi connectivity index (χ3n) is 3.70. The number of hydrogen-bond donors (Lipinski definition) is 2. The molecule has 2 atom stereocenters. The molecule has 1 saturated carbocycles. The summed E-state index contributed by atoms with van der Waals surface area (Å²) in [6.07, 6.45) is 3.54. The quantitative estimate of drug-likeness (QED) is 0.778. The number of rotatable bonds is 2. The summed E-state index contributed by atoms with van der Waals surface area (Å²) in [5.74, 6) is 1.09. The van der Waals surface area contributed by atoms with Gasteiger partial charge in [-0.1, -0.05) is 19.1 Å². The topological polar surface area (TPSA) is 46.2 Å². The first-order valence-corrected chi connectivity index (χ1v) is 5.66. The molecule has 0 heterocycles. The van der Waals surface area contributed by atoms with Crippen LogP contribution in [0.5, 0.6) is 5.75 Å². The van der Waals surface area contributed by atoms with Crippen molar-refractivity contribution < 1.29 is 5.11 Å². The molecule has 0 aliphatic heterocycles. The molecule has 1 aromatic carbocycles. The Kier molecular flexibility index (Phi) is 2.70. The van der Waals surface area contributed by atoms with Crippen LogP contribution in [0, 0.1) is 5.92 Å². The van der Waals surface area contributed by atoms with Crippen molar-refractivity contribution in [3.8, 4) is 5.75 Å². The van der Waals surface area contributed by atoms with Crippen molar-refractivity contribution in [1.82, 2.24) is 0 Å². The lowest BCUT2D eigenvalue weighted by molar-refractivity contribution is 0.426.